The van der Waals surface area contributed by atoms with Crippen LogP contribution < -0.4 is 10.2 Å². The summed E-state index contributed by atoms with van der Waals surface area (Å²) < 4.78 is 0. The van der Waals surface area contributed by atoms with Crippen molar-refractivity contribution in [2.24, 2.45) is 0 Å². The van der Waals surface area contributed by atoms with Crippen LogP contribution >= 0.6 is 11.3 Å². The molecule has 0 spiro atoms. The zero-order valence-corrected chi connectivity index (χ0v) is 18.3. The van der Waals surface area contributed by atoms with E-state index in [-0.39, 0.29) is 5.91 Å². The molecule has 0 atom stereocenters. The van der Waals surface area contributed by atoms with Crippen LogP contribution in [0.4, 0.5) is 10.7 Å². The number of nitrogens with zero attached hydrogens (tertiary/aromatic N) is 2. The molecule has 1 aliphatic heterocycles. The summed E-state index contributed by atoms with van der Waals surface area (Å²) in [5.41, 5.74) is 3.98. The molecule has 0 saturated carbocycles. The van der Waals surface area contributed by atoms with Crippen molar-refractivity contribution >= 4 is 27.9 Å². The van der Waals surface area contributed by atoms with Gasteiger partial charge in [0, 0.05) is 31.9 Å². The minimum Gasteiger partial charge on any atom is -0.351 e. The van der Waals surface area contributed by atoms with Crippen LogP contribution in [0.2, 0.25) is 0 Å². The highest BCUT2D eigenvalue weighted by Crippen LogP contribution is 2.37. The van der Waals surface area contributed by atoms with Crippen molar-refractivity contribution in [1.29, 1.82) is 0 Å². The summed E-state index contributed by atoms with van der Waals surface area (Å²) in [5.74, 6) is 0.0323. The monoisotopic (exact) mass is 419 g/mol. The van der Waals surface area contributed by atoms with Crippen molar-refractivity contribution in [3.63, 3.8) is 0 Å². The Hall–Kier alpha value is -2.63. The molecule has 0 aliphatic carbocycles. The smallest absolute Gasteiger partial charge is 0.261 e. The van der Waals surface area contributed by atoms with Crippen molar-refractivity contribution in [1.82, 2.24) is 10.2 Å². The van der Waals surface area contributed by atoms with Gasteiger partial charge in [0.25, 0.3) is 5.91 Å². The number of anilines is 2. The van der Waals surface area contributed by atoms with Crippen molar-refractivity contribution in [3.8, 4) is 0 Å². The second-order valence-corrected chi connectivity index (χ2v) is 8.69. The fourth-order valence-electron chi connectivity index (χ4n) is 3.94. The van der Waals surface area contributed by atoms with Crippen molar-refractivity contribution in [2.45, 2.75) is 26.3 Å². The van der Waals surface area contributed by atoms with E-state index in [0.29, 0.717) is 6.54 Å². The third-order valence-electron chi connectivity index (χ3n) is 5.60. The minimum atomic E-state index is 0.0323. The number of benzene rings is 2. The second-order valence-electron chi connectivity index (χ2n) is 7.63. The van der Waals surface area contributed by atoms with Gasteiger partial charge in [0.1, 0.15) is 0 Å². The first kappa shape index (κ1) is 20.6. The predicted octanol–water partition coefficient (Wildman–Crippen LogP) is 5.08. The molecule has 2 aromatic carbocycles. The Labute approximate surface area is 183 Å². The molecule has 1 aromatic heterocycles. The number of nitrogens with one attached hydrogen (secondary N) is 1. The summed E-state index contributed by atoms with van der Waals surface area (Å²) in [6.45, 7) is 6.81. The Bertz CT molecular complexity index is 969. The summed E-state index contributed by atoms with van der Waals surface area (Å²) in [4.78, 5) is 18.1. The number of hydrogen-bond acceptors (Lipinski definition) is 4. The van der Waals surface area contributed by atoms with Gasteiger partial charge in [-0.15, -0.1) is 11.3 Å². The number of para-hydroxylation sites is 1. The molecule has 4 nitrogen and oxygen atoms in total. The Morgan fingerprint density at radius 3 is 2.70 bits per heavy atom. The normalized spacial score (nSPS) is 12.9. The number of amides is 1. The molecule has 30 heavy (non-hydrogen) atoms. The Morgan fingerprint density at radius 2 is 1.87 bits per heavy atom. The molecule has 1 aliphatic rings. The third kappa shape index (κ3) is 4.91. The minimum absolute atomic E-state index is 0.0323. The topological polar surface area (TPSA) is 35.6 Å². The molecule has 0 unspecified atom stereocenters. The molecule has 0 radical (unpaired) electrons. The van der Waals surface area contributed by atoms with Gasteiger partial charge in [0.2, 0.25) is 0 Å². The van der Waals surface area contributed by atoms with E-state index in [1.165, 1.54) is 16.8 Å². The fourth-order valence-corrected chi connectivity index (χ4v) is 4.91. The van der Waals surface area contributed by atoms with Crippen LogP contribution in [0.15, 0.2) is 66.7 Å². The molecular formula is C25H29N3OS. The Morgan fingerprint density at radius 1 is 1.07 bits per heavy atom. The molecule has 0 bridgehead atoms. The van der Waals surface area contributed by atoms with E-state index in [2.05, 4.69) is 76.6 Å². The standard InChI is InChI=1S/C25H29N3OS/c1-2-27(19-20-9-4-3-5-10-20)17-8-16-26-25(29)23-13-14-24(30-23)28-18-15-21-11-6-7-12-22(21)28/h3-7,9-14H,2,8,15-19H2,1H3,(H,26,29). The number of thiophene rings is 1. The van der Waals surface area contributed by atoms with Crippen molar-refractivity contribution in [3.05, 3.63) is 82.7 Å². The fraction of sp³-hybridized carbons (Fsp3) is 0.320. The first-order valence-corrected chi connectivity index (χ1v) is 11.6. The van der Waals surface area contributed by atoms with Gasteiger partial charge in [-0.2, -0.15) is 0 Å². The van der Waals surface area contributed by atoms with Gasteiger partial charge in [-0.25, -0.2) is 0 Å². The third-order valence-corrected chi connectivity index (χ3v) is 6.71. The molecule has 1 amide bonds. The number of hydrogen-bond donors (Lipinski definition) is 1. The molecule has 3 aromatic rings. The van der Waals surface area contributed by atoms with Crippen LogP contribution in [0.25, 0.3) is 0 Å². The number of rotatable bonds is 9. The maximum Gasteiger partial charge on any atom is 0.261 e. The van der Waals surface area contributed by atoms with Crippen molar-refractivity contribution < 1.29 is 4.79 Å². The molecule has 0 saturated heterocycles. The average Bonchev–Trinajstić information content (AvgIpc) is 3.43. The maximum atomic E-state index is 12.6. The predicted molar refractivity (Wildman–Crippen MR) is 126 cm³/mol. The lowest BCUT2D eigenvalue weighted by molar-refractivity contribution is 0.0955. The van der Waals surface area contributed by atoms with Crippen LogP contribution in [0, 0.1) is 0 Å². The van der Waals surface area contributed by atoms with Gasteiger partial charge < -0.3 is 10.2 Å². The first-order valence-electron chi connectivity index (χ1n) is 10.7. The lowest BCUT2D eigenvalue weighted by Crippen LogP contribution is -2.29. The van der Waals surface area contributed by atoms with Crippen molar-refractivity contribution in [2.75, 3.05) is 31.1 Å². The number of fused-ring (bicyclic) bond motifs is 1. The summed E-state index contributed by atoms with van der Waals surface area (Å²) >= 11 is 1.58. The van der Waals surface area contributed by atoms with Crippen LogP contribution in [0.5, 0.6) is 0 Å². The summed E-state index contributed by atoms with van der Waals surface area (Å²) in [5, 5.41) is 4.24. The Kier molecular flexibility index (Phi) is 6.82. The van der Waals surface area contributed by atoms with E-state index in [9.17, 15) is 4.79 Å². The zero-order chi connectivity index (χ0) is 20.8. The van der Waals surface area contributed by atoms with E-state index in [1.54, 1.807) is 11.3 Å². The van der Waals surface area contributed by atoms with Crippen LogP contribution in [-0.4, -0.2) is 37.0 Å². The molecule has 0 fully saturated rings. The van der Waals surface area contributed by atoms with Gasteiger partial charge in [0.05, 0.1) is 9.88 Å². The number of carbonyl (C=O) groups excluding carboxylic acids is 1. The highest BCUT2D eigenvalue weighted by Gasteiger charge is 2.22. The molecule has 156 valence electrons. The number of carbonyl (C=O) groups is 1. The summed E-state index contributed by atoms with van der Waals surface area (Å²) in [6.07, 6.45) is 2.01. The molecule has 4 rings (SSSR count). The molecule has 5 heteroatoms. The van der Waals surface area contributed by atoms with E-state index in [1.807, 2.05) is 12.1 Å². The molecule has 1 N–H and O–H groups in total. The lowest BCUT2D eigenvalue weighted by Gasteiger charge is -2.20. The van der Waals surface area contributed by atoms with Gasteiger partial charge in [-0.05, 0) is 48.7 Å². The quantitative estimate of drug-likeness (QED) is 0.491. The van der Waals surface area contributed by atoms with Gasteiger partial charge in [-0.3, -0.25) is 9.69 Å². The van der Waals surface area contributed by atoms with Crippen LogP contribution in [-0.2, 0) is 13.0 Å². The molecular weight excluding hydrogens is 390 g/mol. The first-order chi connectivity index (χ1) is 14.7. The maximum absolute atomic E-state index is 12.6. The largest absolute Gasteiger partial charge is 0.351 e. The summed E-state index contributed by atoms with van der Waals surface area (Å²) in [6, 6.07) is 23.1. The second kappa shape index (κ2) is 9.92. The Balaban J connectivity index is 1.25. The SMILES string of the molecule is CCN(CCCNC(=O)c1ccc(N2CCc3ccccc32)s1)Cc1ccccc1. The average molecular weight is 420 g/mol. The van der Waals surface area contributed by atoms with Crippen LogP contribution in [0.1, 0.15) is 34.1 Å². The molecule has 2 heterocycles. The van der Waals surface area contributed by atoms with Gasteiger partial charge in [-0.1, -0.05) is 55.5 Å². The van der Waals surface area contributed by atoms with Crippen LogP contribution in [0.3, 0.4) is 0 Å². The van der Waals surface area contributed by atoms with Gasteiger partial charge in [0.15, 0.2) is 0 Å². The van der Waals surface area contributed by atoms with E-state index in [0.717, 1.165) is 48.9 Å². The van der Waals surface area contributed by atoms with Gasteiger partial charge >= 0.3 is 0 Å². The lowest BCUT2D eigenvalue weighted by atomic mass is 10.2. The highest BCUT2D eigenvalue weighted by atomic mass is 32.1. The van der Waals surface area contributed by atoms with E-state index in [4.69, 9.17) is 0 Å². The highest BCUT2D eigenvalue weighted by molar-refractivity contribution is 7.18. The zero-order valence-electron chi connectivity index (χ0n) is 17.5. The summed E-state index contributed by atoms with van der Waals surface area (Å²) in [7, 11) is 0. The van der Waals surface area contributed by atoms with E-state index < -0.39 is 0 Å². The van der Waals surface area contributed by atoms with E-state index >= 15 is 0 Å².